The van der Waals surface area contributed by atoms with E-state index in [0.29, 0.717) is 11.1 Å². The van der Waals surface area contributed by atoms with Crippen molar-refractivity contribution < 1.29 is 53.2 Å². The van der Waals surface area contributed by atoms with E-state index in [2.05, 4.69) is 14.7 Å². The van der Waals surface area contributed by atoms with Gasteiger partial charge < -0.3 is 4.74 Å². The van der Waals surface area contributed by atoms with Crippen LogP contribution < -0.4 is 14.7 Å². The zero-order valence-corrected chi connectivity index (χ0v) is 20.0. The predicted molar refractivity (Wildman–Crippen MR) is 125 cm³/mol. The van der Waals surface area contributed by atoms with Gasteiger partial charge in [-0.15, -0.1) is 0 Å². The van der Waals surface area contributed by atoms with Crippen LogP contribution in [0.1, 0.15) is 36.7 Å². The quantitative estimate of drug-likeness (QED) is 0.220. The molecule has 3 aromatic carbocycles. The average molecular weight is 510 g/mol. The molecule has 0 unspecified atom stereocenters. The normalized spacial score (nSPS) is 10.0. The third-order valence-electron chi connectivity index (χ3n) is 4.41. The van der Waals surface area contributed by atoms with Crippen LogP contribution in [0.4, 0.5) is 0 Å². The Balaban J connectivity index is 1.96. The fraction of sp³-hybridized carbons (Fsp3) is 0.154. The maximum absolute atomic E-state index is 12.6. The van der Waals surface area contributed by atoms with Crippen LogP contribution in [0.2, 0.25) is 0 Å². The Kier molecular flexibility index (Phi) is 9.03. The molecule has 0 fully saturated rings. The molecule has 37 heavy (non-hydrogen) atoms. The molecule has 11 heteroatoms. The van der Waals surface area contributed by atoms with Crippen LogP contribution in [-0.2, 0) is 40.4 Å². The topological polar surface area (TPSA) is 133 Å². The Bertz CT molecular complexity index is 1250. The van der Waals surface area contributed by atoms with Crippen molar-refractivity contribution in [1.82, 2.24) is 0 Å². The van der Waals surface area contributed by atoms with Gasteiger partial charge in [-0.1, -0.05) is 42.5 Å². The van der Waals surface area contributed by atoms with Crippen LogP contribution in [0.5, 0.6) is 17.2 Å². The van der Waals surface area contributed by atoms with E-state index in [4.69, 9.17) is 19.4 Å². The fourth-order valence-corrected chi connectivity index (χ4v) is 2.89. The average Bonchev–Trinajstić information content (AvgIpc) is 2.88. The summed E-state index contributed by atoms with van der Waals surface area (Å²) in [5, 5.41) is 0. The summed E-state index contributed by atoms with van der Waals surface area (Å²) in [5.74, 6) is -3.89. The van der Waals surface area contributed by atoms with Gasteiger partial charge in [0.05, 0.1) is 5.56 Å². The van der Waals surface area contributed by atoms with Gasteiger partial charge >= 0.3 is 23.9 Å². The number of esters is 1. The van der Waals surface area contributed by atoms with E-state index in [9.17, 15) is 19.2 Å². The summed E-state index contributed by atoms with van der Waals surface area (Å²) in [6, 6.07) is 18.3. The first-order valence-corrected chi connectivity index (χ1v) is 10.8. The van der Waals surface area contributed by atoms with E-state index in [1.54, 1.807) is 24.3 Å². The number of hydrogen-bond donors (Lipinski definition) is 0. The minimum Gasteiger partial charge on any atom is -0.457 e. The van der Waals surface area contributed by atoms with Gasteiger partial charge in [0.1, 0.15) is 6.61 Å². The number of benzene rings is 3. The van der Waals surface area contributed by atoms with Crippen molar-refractivity contribution in [3.8, 4) is 28.4 Å². The van der Waals surface area contributed by atoms with Crippen LogP contribution in [-0.4, -0.2) is 23.9 Å². The second-order valence-electron chi connectivity index (χ2n) is 7.42. The first-order chi connectivity index (χ1) is 17.7. The number of ether oxygens (including phenoxy) is 1. The van der Waals surface area contributed by atoms with Gasteiger partial charge in [0, 0.05) is 20.8 Å². The summed E-state index contributed by atoms with van der Waals surface area (Å²) in [5.41, 5.74) is 1.92. The molecule has 0 bridgehead atoms. The minimum atomic E-state index is -0.817. The van der Waals surface area contributed by atoms with Crippen LogP contribution in [0.15, 0.2) is 66.7 Å². The zero-order valence-electron chi connectivity index (χ0n) is 20.0. The predicted octanol–water partition coefficient (Wildman–Crippen LogP) is 4.28. The molecular weight excluding hydrogens is 488 g/mol. The molecule has 0 saturated carbocycles. The van der Waals surface area contributed by atoms with E-state index in [1.807, 2.05) is 30.3 Å². The molecule has 0 aliphatic rings. The molecule has 0 saturated heterocycles. The van der Waals surface area contributed by atoms with Gasteiger partial charge in [-0.2, -0.15) is 0 Å². The highest BCUT2D eigenvalue weighted by atomic mass is 17.2. The smallest absolute Gasteiger partial charge is 0.352 e. The highest BCUT2D eigenvalue weighted by Gasteiger charge is 2.23. The van der Waals surface area contributed by atoms with Crippen LogP contribution >= 0.6 is 0 Å². The summed E-state index contributed by atoms with van der Waals surface area (Å²) >= 11 is 0. The summed E-state index contributed by atoms with van der Waals surface area (Å²) in [6.07, 6.45) is 0. The molecule has 0 heterocycles. The van der Waals surface area contributed by atoms with Crippen molar-refractivity contribution >= 4 is 23.9 Å². The van der Waals surface area contributed by atoms with Crippen molar-refractivity contribution in [1.29, 1.82) is 0 Å². The Morgan fingerprint density at radius 2 is 1.19 bits per heavy atom. The van der Waals surface area contributed by atoms with Crippen LogP contribution in [0.25, 0.3) is 11.1 Å². The van der Waals surface area contributed by atoms with E-state index < -0.39 is 23.9 Å². The first kappa shape index (κ1) is 26.5. The van der Waals surface area contributed by atoms with Crippen molar-refractivity contribution in [3.05, 3.63) is 77.9 Å². The van der Waals surface area contributed by atoms with E-state index in [1.165, 1.54) is 12.1 Å². The lowest BCUT2D eigenvalue weighted by Crippen LogP contribution is -2.10. The standard InChI is InChI=1S/C26H22O11/c1-16(27)32-35-23-13-22(14-24(36-33-17(2)28)25(23)37-34-18(3)29)20-10-7-11-21(12-20)26(30)31-15-19-8-5-4-6-9-19/h4-14H,15H2,1-3H3. The maximum Gasteiger partial charge on any atom is 0.352 e. The van der Waals surface area contributed by atoms with Gasteiger partial charge in [0.25, 0.3) is 5.75 Å². The van der Waals surface area contributed by atoms with Gasteiger partial charge in [-0.05, 0) is 41.0 Å². The Morgan fingerprint density at radius 3 is 1.76 bits per heavy atom. The first-order valence-electron chi connectivity index (χ1n) is 10.8. The lowest BCUT2D eigenvalue weighted by atomic mass is 10.0. The molecule has 0 N–H and O–H groups in total. The second-order valence-corrected chi connectivity index (χ2v) is 7.42. The highest BCUT2D eigenvalue weighted by molar-refractivity contribution is 5.91. The molecule has 0 radical (unpaired) electrons. The molecule has 0 amide bonds. The van der Waals surface area contributed by atoms with Crippen LogP contribution in [0.3, 0.4) is 0 Å². The van der Waals surface area contributed by atoms with E-state index in [0.717, 1.165) is 26.3 Å². The molecule has 0 aliphatic carbocycles. The molecule has 11 nitrogen and oxygen atoms in total. The fourth-order valence-electron chi connectivity index (χ4n) is 2.89. The van der Waals surface area contributed by atoms with Gasteiger partial charge in [-0.25, -0.2) is 19.2 Å². The Hall–Kier alpha value is -5.06. The lowest BCUT2D eigenvalue weighted by molar-refractivity contribution is -0.230. The number of carbonyl (C=O) groups is 4. The van der Waals surface area contributed by atoms with Crippen molar-refractivity contribution in [2.24, 2.45) is 0 Å². The Morgan fingerprint density at radius 1 is 0.622 bits per heavy atom. The van der Waals surface area contributed by atoms with Crippen molar-refractivity contribution in [2.45, 2.75) is 27.4 Å². The molecule has 3 rings (SSSR count). The van der Waals surface area contributed by atoms with Gasteiger partial charge in [-0.3, -0.25) is 29.3 Å². The number of rotatable bonds is 10. The minimum absolute atomic E-state index is 0.0901. The van der Waals surface area contributed by atoms with Crippen molar-refractivity contribution in [2.75, 3.05) is 0 Å². The molecule has 3 aromatic rings. The summed E-state index contributed by atoms with van der Waals surface area (Å²) in [7, 11) is 0. The van der Waals surface area contributed by atoms with Crippen molar-refractivity contribution in [3.63, 3.8) is 0 Å². The molecule has 0 atom stereocenters. The van der Waals surface area contributed by atoms with Crippen LogP contribution in [0, 0.1) is 0 Å². The Labute approximate surface area is 211 Å². The highest BCUT2D eigenvalue weighted by Crippen LogP contribution is 2.42. The maximum atomic E-state index is 12.6. The summed E-state index contributed by atoms with van der Waals surface area (Å²) < 4.78 is 5.38. The third kappa shape index (κ3) is 7.99. The largest absolute Gasteiger partial charge is 0.457 e. The third-order valence-corrected chi connectivity index (χ3v) is 4.41. The monoisotopic (exact) mass is 510 g/mol. The SMILES string of the molecule is CC(=O)OOc1cc(-c2cccc(C(=O)OCc3ccccc3)c2)cc(OOC(C)=O)c1OOC(C)=O. The molecule has 0 aromatic heterocycles. The lowest BCUT2D eigenvalue weighted by Gasteiger charge is -2.14. The van der Waals surface area contributed by atoms with Gasteiger partial charge in [0.2, 0.25) is 11.5 Å². The molecular formula is C26H22O11. The number of hydrogen-bond acceptors (Lipinski definition) is 11. The van der Waals surface area contributed by atoms with E-state index in [-0.39, 0.29) is 29.4 Å². The molecule has 192 valence electrons. The summed E-state index contributed by atoms with van der Waals surface area (Å²) in [6.45, 7) is 3.36. The zero-order chi connectivity index (χ0) is 26.8. The van der Waals surface area contributed by atoms with E-state index >= 15 is 0 Å². The number of carbonyl (C=O) groups excluding carboxylic acids is 4. The summed E-state index contributed by atoms with van der Waals surface area (Å²) in [4.78, 5) is 75.2. The molecule has 0 spiro atoms. The molecule has 0 aliphatic heterocycles. The van der Waals surface area contributed by atoms with Gasteiger partial charge in [0.15, 0.2) is 0 Å². The second kappa shape index (κ2) is 12.6.